The zero-order valence-electron chi connectivity index (χ0n) is 12.3. The quantitative estimate of drug-likeness (QED) is 0.815. The third-order valence-electron chi connectivity index (χ3n) is 3.45. The van der Waals surface area contributed by atoms with E-state index in [0.717, 1.165) is 12.1 Å². The number of nitrogens with zero attached hydrogens (tertiary/aromatic N) is 1. The Morgan fingerprint density at radius 2 is 2.20 bits per heavy atom. The first-order valence-electron chi connectivity index (χ1n) is 6.96. The molecule has 1 aliphatic rings. The molecule has 1 aromatic rings. The molecule has 112 valence electrons. The van der Waals surface area contributed by atoms with E-state index in [4.69, 9.17) is 0 Å². The average molecular weight is 297 g/mol. The SMILES string of the molecule is CC1=CCN(S(=O)(=O)c2c[nH]c(CNC(C)C)c2)CC1. The third kappa shape index (κ3) is 3.50. The van der Waals surface area contributed by atoms with E-state index in [9.17, 15) is 8.42 Å². The lowest BCUT2D eigenvalue weighted by molar-refractivity contribution is 0.431. The van der Waals surface area contributed by atoms with Gasteiger partial charge in [0, 0.05) is 37.6 Å². The summed E-state index contributed by atoms with van der Waals surface area (Å²) in [5.74, 6) is 0. The Balaban J connectivity index is 2.10. The second kappa shape index (κ2) is 6.11. The van der Waals surface area contributed by atoms with Gasteiger partial charge in [0.15, 0.2) is 0 Å². The van der Waals surface area contributed by atoms with Crippen molar-refractivity contribution >= 4 is 10.0 Å². The molecule has 6 heteroatoms. The zero-order valence-corrected chi connectivity index (χ0v) is 13.1. The van der Waals surface area contributed by atoms with Gasteiger partial charge in [0.25, 0.3) is 0 Å². The molecule has 0 aromatic carbocycles. The highest BCUT2D eigenvalue weighted by Gasteiger charge is 2.26. The van der Waals surface area contributed by atoms with E-state index in [1.165, 1.54) is 9.88 Å². The van der Waals surface area contributed by atoms with Crippen molar-refractivity contribution < 1.29 is 8.42 Å². The molecule has 0 aliphatic carbocycles. The van der Waals surface area contributed by atoms with E-state index in [2.05, 4.69) is 24.1 Å². The van der Waals surface area contributed by atoms with E-state index in [1.54, 1.807) is 12.3 Å². The van der Waals surface area contributed by atoms with Crippen LogP contribution in [0.5, 0.6) is 0 Å². The van der Waals surface area contributed by atoms with Gasteiger partial charge in [-0.1, -0.05) is 25.5 Å². The van der Waals surface area contributed by atoms with Gasteiger partial charge in [-0.3, -0.25) is 0 Å². The summed E-state index contributed by atoms with van der Waals surface area (Å²) in [6.07, 6.45) is 4.37. The van der Waals surface area contributed by atoms with Gasteiger partial charge >= 0.3 is 0 Å². The molecule has 0 fully saturated rings. The minimum atomic E-state index is -3.37. The number of nitrogens with one attached hydrogen (secondary N) is 2. The van der Waals surface area contributed by atoms with Crippen LogP contribution in [0, 0.1) is 0 Å². The third-order valence-corrected chi connectivity index (χ3v) is 5.30. The summed E-state index contributed by atoms with van der Waals surface area (Å²) in [5, 5.41) is 3.26. The fourth-order valence-corrected chi connectivity index (χ4v) is 3.50. The number of sulfonamides is 1. The maximum Gasteiger partial charge on any atom is 0.244 e. The predicted octanol–water partition coefficient (Wildman–Crippen LogP) is 1.85. The van der Waals surface area contributed by atoms with E-state index >= 15 is 0 Å². The van der Waals surface area contributed by atoms with Crippen molar-refractivity contribution in [3.8, 4) is 0 Å². The molecule has 0 bridgehead atoms. The molecule has 1 aliphatic heterocycles. The van der Waals surface area contributed by atoms with Gasteiger partial charge in [-0.05, 0) is 19.4 Å². The maximum atomic E-state index is 12.5. The molecule has 2 heterocycles. The minimum absolute atomic E-state index is 0.353. The Morgan fingerprint density at radius 1 is 1.45 bits per heavy atom. The number of H-pyrrole nitrogens is 1. The van der Waals surface area contributed by atoms with Crippen LogP contribution in [0.15, 0.2) is 28.8 Å². The van der Waals surface area contributed by atoms with Crippen LogP contribution in [0.2, 0.25) is 0 Å². The summed E-state index contributed by atoms with van der Waals surface area (Å²) in [6, 6.07) is 2.09. The molecule has 20 heavy (non-hydrogen) atoms. The zero-order chi connectivity index (χ0) is 14.8. The molecule has 0 saturated heterocycles. The van der Waals surface area contributed by atoms with Gasteiger partial charge in [0.05, 0.1) is 4.90 Å². The lowest BCUT2D eigenvalue weighted by Gasteiger charge is -2.24. The topological polar surface area (TPSA) is 65.2 Å². The molecule has 1 aromatic heterocycles. The Hall–Kier alpha value is -1.11. The lowest BCUT2D eigenvalue weighted by Crippen LogP contribution is -2.34. The van der Waals surface area contributed by atoms with Gasteiger partial charge < -0.3 is 10.3 Å². The smallest absolute Gasteiger partial charge is 0.244 e. The summed E-state index contributed by atoms with van der Waals surface area (Å²) in [7, 11) is -3.37. The van der Waals surface area contributed by atoms with Crippen molar-refractivity contribution in [1.82, 2.24) is 14.6 Å². The van der Waals surface area contributed by atoms with Crippen molar-refractivity contribution in [1.29, 1.82) is 0 Å². The van der Waals surface area contributed by atoms with E-state index in [0.29, 0.717) is 30.6 Å². The normalized spacial score (nSPS) is 17.5. The van der Waals surface area contributed by atoms with Gasteiger partial charge in [0.1, 0.15) is 0 Å². The van der Waals surface area contributed by atoms with Crippen LogP contribution in [-0.4, -0.2) is 36.8 Å². The van der Waals surface area contributed by atoms with Crippen LogP contribution in [0.3, 0.4) is 0 Å². The molecule has 0 amide bonds. The largest absolute Gasteiger partial charge is 0.363 e. The predicted molar refractivity (Wildman–Crippen MR) is 79.9 cm³/mol. The first kappa shape index (κ1) is 15.3. The van der Waals surface area contributed by atoms with Crippen LogP contribution in [0.25, 0.3) is 0 Å². The van der Waals surface area contributed by atoms with Crippen LogP contribution < -0.4 is 5.32 Å². The van der Waals surface area contributed by atoms with Crippen molar-refractivity contribution in [3.63, 3.8) is 0 Å². The molecule has 0 atom stereocenters. The summed E-state index contributed by atoms with van der Waals surface area (Å²) < 4.78 is 26.5. The molecule has 0 radical (unpaired) electrons. The Labute approximate surface area is 121 Å². The molecule has 2 rings (SSSR count). The molecule has 5 nitrogen and oxygen atoms in total. The van der Waals surface area contributed by atoms with Crippen LogP contribution >= 0.6 is 0 Å². The second-order valence-corrected chi connectivity index (χ2v) is 7.50. The Morgan fingerprint density at radius 3 is 2.80 bits per heavy atom. The van der Waals surface area contributed by atoms with Crippen LogP contribution in [0.4, 0.5) is 0 Å². The van der Waals surface area contributed by atoms with E-state index in [-0.39, 0.29) is 0 Å². The highest BCUT2D eigenvalue weighted by Crippen LogP contribution is 2.20. The van der Waals surface area contributed by atoms with Gasteiger partial charge in [0.2, 0.25) is 10.0 Å². The first-order chi connectivity index (χ1) is 9.39. The fraction of sp³-hybridized carbons (Fsp3) is 0.571. The summed E-state index contributed by atoms with van der Waals surface area (Å²) in [6.45, 7) is 7.84. The fourth-order valence-electron chi connectivity index (χ4n) is 2.10. The minimum Gasteiger partial charge on any atom is -0.363 e. The molecule has 0 spiro atoms. The van der Waals surface area contributed by atoms with Crippen molar-refractivity contribution in [2.24, 2.45) is 0 Å². The number of aromatic nitrogens is 1. The summed E-state index contributed by atoms with van der Waals surface area (Å²) in [5.41, 5.74) is 2.15. The van der Waals surface area contributed by atoms with Crippen LogP contribution in [-0.2, 0) is 16.6 Å². The van der Waals surface area contributed by atoms with Crippen molar-refractivity contribution in [3.05, 3.63) is 29.6 Å². The Kier molecular flexibility index (Phi) is 4.67. The monoisotopic (exact) mass is 297 g/mol. The molecule has 0 saturated carbocycles. The number of aromatic amines is 1. The first-order valence-corrected chi connectivity index (χ1v) is 8.40. The standard InChI is InChI=1S/C14H23N3O2S/c1-11(2)15-9-13-8-14(10-16-13)20(18,19)17-6-4-12(3)5-7-17/h4,8,10-11,15-16H,5-7,9H2,1-3H3. The Bertz CT molecular complexity index is 587. The average Bonchev–Trinajstić information content (AvgIpc) is 2.86. The number of hydrogen-bond acceptors (Lipinski definition) is 3. The van der Waals surface area contributed by atoms with Gasteiger partial charge in [-0.25, -0.2) is 8.42 Å². The number of rotatable bonds is 5. The molecular formula is C14H23N3O2S. The highest BCUT2D eigenvalue weighted by atomic mass is 32.2. The summed E-state index contributed by atoms with van der Waals surface area (Å²) >= 11 is 0. The van der Waals surface area contributed by atoms with Crippen LogP contribution in [0.1, 0.15) is 32.9 Å². The molecule has 2 N–H and O–H groups in total. The molecule has 0 unspecified atom stereocenters. The van der Waals surface area contributed by atoms with E-state index < -0.39 is 10.0 Å². The highest BCUT2D eigenvalue weighted by molar-refractivity contribution is 7.89. The van der Waals surface area contributed by atoms with E-state index in [1.807, 2.05) is 13.0 Å². The second-order valence-electron chi connectivity index (χ2n) is 5.56. The maximum absolute atomic E-state index is 12.5. The van der Waals surface area contributed by atoms with Crippen molar-refractivity contribution in [2.45, 2.75) is 44.7 Å². The number of hydrogen-bond donors (Lipinski definition) is 2. The lowest BCUT2D eigenvalue weighted by atomic mass is 10.1. The van der Waals surface area contributed by atoms with Crippen molar-refractivity contribution in [2.75, 3.05) is 13.1 Å². The molecular weight excluding hydrogens is 274 g/mol. The van der Waals surface area contributed by atoms with Gasteiger partial charge in [-0.15, -0.1) is 0 Å². The summed E-state index contributed by atoms with van der Waals surface area (Å²) in [4.78, 5) is 3.38. The van der Waals surface area contributed by atoms with Gasteiger partial charge in [-0.2, -0.15) is 4.31 Å².